The van der Waals surface area contributed by atoms with Crippen molar-refractivity contribution in [2.75, 3.05) is 0 Å². The number of Topliss-reactive ketones (excluding diaryl/α,β-unsaturated/α-hetero) is 2. The first-order valence-corrected chi connectivity index (χ1v) is 8.70. The number of ketones is 2. The molecule has 0 aromatic rings. The molecule has 0 saturated heterocycles. The van der Waals surface area contributed by atoms with E-state index in [4.69, 9.17) is 0 Å². The van der Waals surface area contributed by atoms with Crippen LogP contribution in [0.15, 0.2) is 0 Å². The monoisotopic (exact) mass is 292 g/mol. The van der Waals surface area contributed by atoms with Gasteiger partial charge in [0.15, 0.2) is 0 Å². The van der Waals surface area contributed by atoms with Crippen LogP contribution in [0, 0.1) is 40.9 Å². The summed E-state index contributed by atoms with van der Waals surface area (Å²) >= 11 is 0. The average molecular weight is 292 g/mol. The fraction of sp³-hybridized carbons (Fsp3) is 0.895. The molecule has 2 heteroatoms. The Labute approximate surface area is 130 Å². The van der Waals surface area contributed by atoms with E-state index >= 15 is 0 Å². The molecule has 6 atom stereocenters. The normalized spacial score (nSPS) is 47.3. The molecule has 0 bridgehead atoms. The number of carbonyl (C=O) groups excluding carboxylic acids is 2. The van der Waals surface area contributed by atoms with Crippen molar-refractivity contribution in [3.63, 3.8) is 0 Å². The third kappa shape index (κ3) is 2.83. The van der Waals surface area contributed by atoms with Crippen LogP contribution in [0.2, 0.25) is 0 Å². The lowest BCUT2D eigenvalue weighted by molar-refractivity contribution is -0.137. The molecule has 6 unspecified atom stereocenters. The maximum Gasteiger partial charge on any atom is 0.133 e. The molecule has 1 spiro atoms. The zero-order chi connectivity index (χ0) is 15.9. The van der Waals surface area contributed by atoms with Gasteiger partial charge in [-0.05, 0) is 68.6 Å². The molecule has 0 amide bonds. The maximum atomic E-state index is 12.1. The predicted octanol–water partition coefficient (Wildman–Crippen LogP) is 4.52. The average Bonchev–Trinajstić information content (AvgIpc) is 2.36. The van der Waals surface area contributed by atoms with Gasteiger partial charge < -0.3 is 0 Å². The van der Waals surface area contributed by atoms with E-state index in [1.54, 1.807) is 13.8 Å². The van der Waals surface area contributed by atoms with Gasteiger partial charge in [0.25, 0.3) is 0 Å². The number of rotatable bonds is 2. The van der Waals surface area contributed by atoms with Crippen LogP contribution in [-0.2, 0) is 9.59 Å². The Morgan fingerprint density at radius 1 is 0.762 bits per heavy atom. The lowest BCUT2D eigenvalue weighted by atomic mass is 9.48. The molecule has 2 nitrogen and oxygen atoms in total. The van der Waals surface area contributed by atoms with Crippen molar-refractivity contribution in [1.82, 2.24) is 0 Å². The van der Waals surface area contributed by atoms with Gasteiger partial charge in [-0.2, -0.15) is 0 Å². The van der Waals surface area contributed by atoms with Crippen LogP contribution in [0.5, 0.6) is 0 Å². The van der Waals surface area contributed by atoms with Gasteiger partial charge in [-0.1, -0.05) is 27.7 Å². The van der Waals surface area contributed by atoms with E-state index in [0.29, 0.717) is 35.2 Å². The highest BCUT2D eigenvalue weighted by molar-refractivity contribution is 5.79. The fourth-order valence-corrected chi connectivity index (χ4v) is 5.60. The van der Waals surface area contributed by atoms with Gasteiger partial charge in [0.2, 0.25) is 0 Å². The van der Waals surface area contributed by atoms with Crippen molar-refractivity contribution >= 4 is 11.6 Å². The summed E-state index contributed by atoms with van der Waals surface area (Å²) in [6.07, 6.45) is 4.27. The molecule has 0 radical (unpaired) electrons. The van der Waals surface area contributed by atoms with Gasteiger partial charge in [0.05, 0.1) is 0 Å². The summed E-state index contributed by atoms with van der Waals surface area (Å²) < 4.78 is 0. The van der Waals surface area contributed by atoms with Crippen molar-refractivity contribution in [2.45, 2.75) is 67.2 Å². The molecule has 0 aliphatic heterocycles. The molecule has 21 heavy (non-hydrogen) atoms. The van der Waals surface area contributed by atoms with Gasteiger partial charge in [-0.3, -0.25) is 9.59 Å². The van der Waals surface area contributed by atoms with E-state index in [1.807, 2.05) is 0 Å². The minimum Gasteiger partial charge on any atom is -0.300 e. The second kappa shape index (κ2) is 5.85. The smallest absolute Gasteiger partial charge is 0.133 e. The summed E-state index contributed by atoms with van der Waals surface area (Å²) in [5.74, 6) is 3.31. The largest absolute Gasteiger partial charge is 0.300 e. The summed E-state index contributed by atoms with van der Waals surface area (Å²) in [6.45, 7) is 12.7. The van der Waals surface area contributed by atoms with Crippen LogP contribution in [-0.4, -0.2) is 11.6 Å². The Hall–Kier alpha value is -0.660. The topological polar surface area (TPSA) is 34.1 Å². The molecule has 0 aromatic heterocycles. The summed E-state index contributed by atoms with van der Waals surface area (Å²) in [6, 6.07) is 0. The molecule has 2 fully saturated rings. The first kappa shape index (κ1) is 16.7. The standard InChI is InChI=1S/C19H32O2/c1-11-7-13(3)19(9-17(11)15(5)20)10-18(16(6)21)12(2)8-14(19)4/h11-14,17-18H,7-10H2,1-6H3. The summed E-state index contributed by atoms with van der Waals surface area (Å²) in [5.41, 5.74) is 0.200. The Morgan fingerprint density at radius 3 is 1.38 bits per heavy atom. The quantitative estimate of drug-likeness (QED) is 0.750. The molecule has 0 N–H and O–H groups in total. The summed E-state index contributed by atoms with van der Waals surface area (Å²) in [4.78, 5) is 24.1. The highest BCUT2D eigenvalue weighted by Crippen LogP contribution is 2.59. The van der Waals surface area contributed by atoms with E-state index in [-0.39, 0.29) is 17.3 Å². The van der Waals surface area contributed by atoms with E-state index in [1.165, 1.54) is 0 Å². The Kier molecular flexibility index (Phi) is 4.66. The van der Waals surface area contributed by atoms with Crippen molar-refractivity contribution in [1.29, 1.82) is 0 Å². The van der Waals surface area contributed by atoms with Gasteiger partial charge in [-0.25, -0.2) is 0 Å². The Morgan fingerprint density at radius 2 is 1.10 bits per heavy atom. The van der Waals surface area contributed by atoms with E-state index in [9.17, 15) is 9.59 Å². The van der Waals surface area contributed by atoms with Crippen LogP contribution in [0.25, 0.3) is 0 Å². The lowest BCUT2D eigenvalue weighted by Gasteiger charge is -2.56. The fourth-order valence-electron chi connectivity index (χ4n) is 5.60. The van der Waals surface area contributed by atoms with Crippen molar-refractivity contribution in [3.05, 3.63) is 0 Å². The van der Waals surface area contributed by atoms with E-state index in [2.05, 4.69) is 27.7 Å². The van der Waals surface area contributed by atoms with Crippen LogP contribution in [0.4, 0.5) is 0 Å². The van der Waals surface area contributed by atoms with Gasteiger partial charge in [-0.15, -0.1) is 0 Å². The molecule has 2 aliphatic carbocycles. The van der Waals surface area contributed by atoms with Crippen LogP contribution in [0.1, 0.15) is 67.2 Å². The third-order valence-corrected chi connectivity index (χ3v) is 7.03. The zero-order valence-corrected chi connectivity index (χ0v) is 14.6. The summed E-state index contributed by atoms with van der Waals surface area (Å²) in [7, 11) is 0. The highest BCUT2D eigenvalue weighted by atomic mass is 16.1. The Balaban J connectivity index is 2.33. The first-order valence-electron chi connectivity index (χ1n) is 8.70. The predicted molar refractivity (Wildman–Crippen MR) is 85.9 cm³/mol. The molecule has 0 aromatic carbocycles. The van der Waals surface area contributed by atoms with E-state index in [0.717, 1.165) is 25.7 Å². The number of hydrogen-bond donors (Lipinski definition) is 0. The van der Waals surface area contributed by atoms with Crippen LogP contribution in [0.3, 0.4) is 0 Å². The summed E-state index contributed by atoms with van der Waals surface area (Å²) in [5, 5.41) is 0. The van der Waals surface area contributed by atoms with Gasteiger partial charge >= 0.3 is 0 Å². The molecule has 0 heterocycles. The van der Waals surface area contributed by atoms with Crippen molar-refractivity contribution in [3.8, 4) is 0 Å². The van der Waals surface area contributed by atoms with E-state index < -0.39 is 0 Å². The molecule has 2 saturated carbocycles. The second-order valence-electron chi connectivity index (χ2n) is 8.30. The minimum atomic E-state index is 0.199. The zero-order valence-electron chi connectivity index (χ0n) is 14.6. The lowest BCUT2D eigenvalue weighted by Crippen LogP contribution is -2.51. The van der Waals surface area contributed by atoms with Crippen molar-refractivity contribution < 1.29 is 9.59 Å². The molecular weight excluding hydrogens is 260 g/mol. The SMILES string of the molecule is CC(=O)C1CC2(CC(C(C)=O)C(C)CC2C)C(C)CC1C. The first-order chi connectivity index (χ1) is 9.69. The van der Waals surface area contributed by atoms with Crippen molar-refractivity contribution in [2.24, 2.45) is 40.9 Å². The van der Waals surface area contributed by atoms with Gasteiger partial charge in [0.1, 0.15) is 11.6 Å². The molecule has 2 rings (SSSR count). The van der Waals surface area contributed by atoms with Crippen LogP contribution < -0.4 is 0 Å². The third-order valence-electron chi connectivity index (χ3n) is 7.03. The molecule has 120 valence electrons. The second-order valence-corrected chi connectivity index (χ2v) is 8.30. The highest BCUT2D eigenvalue weighted by Gasteiger charge is 2.53. The van der Waals surface area contributed by atoms with Crippen LogP contribution >= 0.6 is 0 Å². The Bertz CT molecular complexity index is 385. The maximum absolute atomic E-state index is 12.1. The minimum absolute atomic E-state index is 0.199. The number of carbonyl (C=O) groups is 2. The van der Waals surface area contributed by atoms with Gasteiger partial charge in [0, 0.05) is 11.8 Å². The molecule has 2 aliphatic rings. The molecular formula is C19H32O2. The number of hydrogen-bond acceptors (Lipinski definition) is 2.